The number of halogens is 1. The molecule has 25 heavy (non-hydrogen) atoms. The van der Waals surface area contributed by atoms with Crippen molar-refractivity contribution in [2.24, 2.45) is 0 Å². The van der Waals surface area contributed by atoms with E-state index in [1.165, 1.54) is 12.1 Å². The van der Waals surface area contributed by atoms with E-state index in [2.05, 4.69) is 16.0 Å². The van der Waals surface area contributed by atoms with E-state index in [0.717, 1.165) is 11.1 Å². The average molecular weight is 343 g/mol. The van der Waals surface area contributed by atoms with Gasteiger partial charge in [-0.2, -0.15) is 0 Å². The molecule has 0 atom stereocenters. The van der Waals surface area contributed by atoms with Crippen LogP contribution < -0.4 is 16.0 Å². The molecule has 0 aliphatic heterocycles. The van der Waals surface area contributed by atoms with Gasteiger partial charge in [-0.25, -0.2) is 9.18 Å². The molecule has 0 aliphatic carbocycles. The Labute approximate surface area is 146 Å². The third-order valence-electron chi connectivity index (χ3n) is 3.59. The SMILES string of the molecule is CCNC(=O)c1ccc(CNC(=O)NCCc2cccc(F)c2)cc1. The largest absolute Gasteiger partial charge is 0.352 e. The lowest BCUT2D eigenvalue weighted by molar-refractivity contribution is 0.0955. The Hall–Kier alpha value is -2.89. The van der Waals surface area contributed by atoms with E-state index >= 15 is 0 Å². The fraction of sp³-hybridized carbons (Fsp3) is 0.263. The molecule has 132 valence electrons. The van der Waals surface area contributed by atoms with Crippen LogP contribution in [0.5, 0.6) is 0 Å². The smallest absolute Gasteiger partial charge is 0.315 e. The van der Waals surface area contributed by atoms with Crippen LogP contribution in [-0.2, 0) is 13.0 Å². The van der Waals surface area contributed by atoms with E-state index in [9.17, 15) is 14.0 Å². The van der Waals surface area contributed by atoms with Crippen molar-refractivity contribution in [1.82, 2.24) is 16.0 Å². The van der Waals surface area contributed by atoms with Gasteiger partial charge in [-0.3, -0.25) is 4.79 Å². The molecule has 0 spiro atoms. The second kappa shape index (κ2) is 9.42. The Morgan fingerprint density at radius 2 is 1.72 bits per heavy atom. The predicted molar refractivity (Wildman–Crippen MR) is 94.8 cm³/mol. The summed E-state index contributed by atoms with van der Waals surface area (Å²) in [5.41, 5.74) is 2.32. The zero-order chi connectivity index (χ0) is 18.1. The van der Waals surface area contributed by atoms with Gasteiger partial charge in [0.25, 0.3) is 5.91 Å². The summed E-state index contributed by atoms with van der Waals surface area (Å²) in [6.45, 7) is 3.23. The Bertz CT molecular complexity index is 717. The maximum atomic E-state index is 13.1. The highest BCUT2D eigenvalue weighted by molar-refractivity contribution is 5.94. The minimum absolute atomic E-state index is 0.114. The van der Waals surface area contributed by atoms with Gasteiger partial charge in [0, 0.05) is 25.2 Å². The maximum Gasteiger partial charge on any atom is 0.315 e. The fourth-order valence-corrected chi connectivity index (χ4v) is 2.29. The van der Waals surface area contributed by atoms with Crippen molar-refractivity contribution in [1.29, 1.82) is 0 Å². The summed E-state index contributed by atoms with van der Waals surface area (Å²) in [6.07, 6.45) is 0.562. The highest BCUT2D eigenvalue weighted by atomic mass is 19.1. The normalized spacial score (nSPS) is 10.2. The topological polar surface area (TPSA) is 70.2 Å². The highest BCUT2D eigenvalue weighted by Crippen LogP contribution is 2.05. The number of amides is 3. The second-order valence-electron chi connectivity index (χ2n) is 5.55. The van der Waals surface area contributed by atoms with E-state index in [0.29, 0.717) is 31.6 Å². The van der Waals surface area contributed by atoms with Gasteiger partial charge in [-0.05, 0) is 48.7 Å². The van der Waals surface area contributed by atoms with Crippen molar-refractivity contribution >= 4 is 11.9 Å². The van der Waals surface area contributed by atoms with Gasteiger partial charge in [0.05, 0.1) is 0 Å². The van der Waals surface area contributed by atoms with Crippen LogP contribution >= 0.6 is 0 Å². The summed E-state index contributed by atoms with van der Waals surface area (Å²) in [6, 6.07) is 13.1. The molecule has 3 N–H and O–H groups in total. The van der Waals surface area contributed by atoms with Gasteiger partial charge < -0.3 is 16.0 Å². The molecule has 0 aromatic heterocycles. The zero-order valence-corrected chi connectivity index (χ0v) is 14.1. The lowest BCUT2D eigenvalue weighted by Crippen LogP contribution is -2.36. The minimum Gasteiger partial charge on any atom is -0.352 e. The molecule has 0 saturated carbocycles. The summed E-state index contributed by atoms with van der Waals surface area (Å²) >= 11 is 0. The predicted octanol–water partition coefficient (Wildman–Crippen LogP) is 2.62. The van der Waals surface area contributed by atoms with Crippen LogP contribution in [0.2, 0.25) is 0 Å². The van der Waals surface area contributed by atoms with Crippen LogP contribution in [-0.4, -0.2) is 25.0 Å². The van der Waals surface area contributed by atoms with E-state index in [-0.39, 0.29) is 17.8 Å². The number of benzene rings is 2. The summed E-state index contributed by atoms with van der Waals surface area (Å²) in [5, 5.41) is 8.21. The number of hydrogen-bond acceptors (Lipinski definition) is 2. The van der Waals surface area contributed by atoms with Crippen molar-refractivity contribution in [2.45, 2.75) is 19.9 Å². The van der Waals surface area contributed by atoms with Crippen LogP contribution in [0, 0.1) is 5.82 Å². The van der Waals surface area contributed by atoms with Crippen molar-refractivity contribution in [3.05, 3.63) is 71.0 Å². The zero-order valence-electron chi connectivity index (χ0n) is 14.1. The third kappa shape index (κ3) is 6.25. The second-order valence-corrected chi connectivity index (χ2v) is 5.55. The molecular weight excluding hydrogens is 321 g/mol. The Balaban J connectivity index is 1.71. The van der Waals surface area contributed by atoms with Crippen LogP contribution in [0.15, 0.2) is 48.5 Å². The first-order valence-electron chi connectivity index (χ1n) is 8.21. The highest BCUT2D eigenvalue weighted by Gasteiger charge is 2.05. The Morgan fingerprint density at radius 1 is 0.960 bits per heavy atom. The van der Waals surface area contributed by atoms with Gasteiger partial charge in [0.15, 0.2) is 0 Å². The van der Waals surface area contributed by atoms with E-state index in [4.69, 9.17) is 0 Å². The van der Waals surface area contributed by atoms with Crippen molar-refractivity contribution in [2.75, 3.05) is 13.1 Å². The molecular formula is C19H22FN3O2. The molecule has 2 aromatic rings. The molecule has 6 heteroatoms. The van der Waals surface area contributed by atoms with E-state index < -0.39 is 0 Å². The number of carbonyl (C=O) groups excluding carboxylic acids is 2. The number of nitrogens with one attached hydrogen (secondary N) is 3. The molecule has 0 aliphatic rings. The third-order valence-corrected chi connectivity index (χ3v) is 3.59. The molecule has 0 bridgehead atoms. The Kier molecular flexibility index (Phi) is 6.95. The molecule has 2 aromatic carbocycles. The molecule has 0 unspecified atom stereocenters. The molecule has 0 radical (unpaired) electrons. The standard InChI is InChI=1S/C19H22FN3O2/c1-2-21-18(24)16-8-6-15(7-9-16)13-23-19(25)22-11-10-14-4-3-5-17(20)12-14/h3-9,12H,2,10-11,13H2,1H3,(H,21,24)(H2,22,23,25). The molecule has 5 nitrogen and oxygen atoms in total. The van der Waals surface area contributed by atoms with Crippen molar-refractivity contribution < 1.29 is 14.0 Å². The lowest BCUT2D eigenvalue weighted by Gasteiger charge is -2.08. The summed E-state index contributed by atoms with van der Waals surface area (Å²) in [4.78, 5) is 23.4. The quantitative estimate of drug-likeness (QED) is 0.723. The minimum atomic E-state index is -0.288. The average Bonchev–Trinajstić information content (AvgIpc) is 2.61. The first kappa shape index (κ1) is 18.4. The monoisotopic (exact) mass is 343 g/mol. The lowest BCUT2D eigenvalue weighted by atomic mass is 10.1. The van der Waals surface area contributed by atoms with Crippen molar-refractivity contribution in [3.63, 3.8) is 0 Å². The van der Waals surface area contributed by atoms with Gasteiger partial charge in [0.2, 0.25) is 0 Å². The van der Waals surface area contributed by atoms with Crippen LogP contribution in [0.4, 0.5) is 9.18 Å². The number of hydrogen-bond donors (Lipinski definition) is 3. The molecule has 0 fully saturated rings. The number of carbonyl (C=O) groups is 2. The Morgan fingerprint density at radius 3 is 2.40 bits per heavy atom. The first-order chi connectivity index (χ1) is 12.1. The molecule has 3 amide bonds. The molecule has 2 rings (SSSR count). The fourth-order valence-electron chi connectivity index (χ4n) is 2.29. The van der Waals surface area contributed by atoms with Gasteiger partial charge in [0.1, 0.15) is 5.82 Å². The van der Waals surface area contributed by atoms with Crippen molar-refractivity contribution in [3.8, 4) is 0 Å². The van der Waals surface area contributed by atoms with Gasteiger partial charge in [-0.1, -0.05) is 24.3 Å². The molecule has 0 saturated heterocycles. The van der Waals surface area contributed by atoms with Gasteiger partial charge >= 0.3 is 6.03 Å². The van der Waals surface area contributed by atoms with Crippen LogP contribution in [0.25, 0.3) is 0 Å². The van der Waals surface area contributed by atoms with Crippen LogP contribution in [0.1, 0.15) is 28.4 Å². The van der Waals surface area contributed by atoms with E-state index in [1.807, 2.05) is 13.0 Å². The van der Waals surface area contributed by atoms with E-state index in [1.54, 1.807) is 30.3 Å². The summed E-state index contributed by atoms with van der Waals surface area (Å²) in [5.74, 6) is -0.393. The number of rotatable bonds is 7. The molecule has 0 heterocycles. The summed E-state index contributed by atoms with van der Waals surface area (Å²) in [7, 11) is 0. The maximum absolute atomic E-state index is 13.1. The first-order valence-corrected chi connectivity index (χ1v) is 8.21. The number of urea groups is 1. The van der Waals surface area contributed by atoms with Crippen LogP contribution in [0.3, 0.4) is 0 Å². The van der Waals surface area contributed by atoms with Gasteiger partial charge in [-0.15, -0.1) is 0 Å². The summed E-state index contributed by atoms with van der Waals surface area (Å²) < 4.78 is 13.1.